The van der Waals surface area contributed by atoms with E-state index in [1.54, 1.807) is 0 Å². The first-order chi connectivity index (χ1) is 8.21. The molecule has 0 bridgehead atoms. The number of hydrogen-bond acceptors (Lipinski definition) is 2. The summed E-state index contributed by atoms with van der Waals surface area (Å²) < 4.78 is 0. The standard InChI is InChI=1S/C15H29NO/c1-4-7-8-11-14(17)15(12-9-10-13-15)16(5-2)6-3/h4,14,17H,1,5-13H2,2-3H3. The topological polar surface area (TPSA) is 23.5 Å². The Morgan fingerprint density at radius 3 is 2.35 bits per heavy atom. The van der Waals surface area contributed by atoms with Crippen molar-refractivity contribution in [3.63, 3.8) is 0 Å². The number of aliphatic hydroxyl groups excluding tert-OH is 1. The van der Waals surface area contributed by atoms with E-state index in [9.17, 15) is 5.11 Å². The van der Waals surface area contributed by atoms with Crippen LogP contribution in [0.1, 0.15) is 58.8 Å². The summed E-state index contributed by atoms with van der Waals surface area (Å²) in [6.45, 7) is 10.3. The number of nitrogens with zero attached hydrogens (tertiary/aromatic N) is 1. The SMILES string of the molecule is C=CCCCC(O)C1(N(CC)CC)CCCC1. The molecular weight excluding hydrogens is 210 g/mol. The smallest absolute Gasteiger partial charge is 0.0723 e. The van der Waals surface area contributed by atoms with Gasteiger partial charge in [-0.1, -0.05) is 32.8 Å². The fourth-order valence-electron chi connectivity index (χ4n) is 3.43. The number of allylic oxidation sites excluding steroid dienone is 1. The van der Waals surface area contributed by atoms with E-state index in [0.717, 1.165) is 32.4 Å². The first-order valence-electron chi connectivity index (χ1n) is 7.25. The van der Waals surface area contributed by atoms with E-state index in [1.807, 2.05) is 6.08 Å². The van der Waals surface area contributed by atoms with Crippen LogP contribution in [0.4, 0.5) is 0 Å². The lowest BCUT2D eigenvalue weighted by Crippen LogP contribution is -2.54. The highest BCUT2D eigenvalue weighted by molar-refractivity contribution is 5.00. The molecule has 0 aromatic heterocycles. The zero-order chi connectivity index (χ0) is 12.7. The zero-order valence-electron chi connectivity index (χ0n) is 11.6. The van der Waals surface area contributed by atoms with Crippen molar-refractivity contribution in [2.45, 2.75) is 70.4 Å². The second-order valence-corrected chi connectivity index (χ2v) is 5.22. The number of hydrogen-bond donors (Lipinski definition) is 1. The highest BCUT2D eigenvalue weighted by Crippen LogP contribution is 2.39. The van der Waals surface area contributed by atoms with Gasteiger partial charge in [0, 0.05) is 5.54 Å². The van der Waals surface area contributed by atoms with Crippen LogP contribution in [0.25, 0.3) is 0 Å². The first-order valence-corrected chi connectivity index (χ1v) is 7.25. The van der Waals surface area contributed by atoms with Gasteiger partial charge in [0.2, 0.25) is 0 Å². The van der Waals surface area contributed by atoms with Crippen LogP contribution >= 0.6 is 0 Å². The Balaban J connectivity index is 2.65. The van der Waals surface area contributed by atoms with Gasteiger partial charge >= 0.3 is 0 Å². The Morgan fingerprint density at radius 1 is 1.29 bits per heavy atom. The van der Waals surface area contributed by atoms with Crippen LogP contribution in [-0.2, 0) is 0 Å². The summed E-state index contributed by atoms with van der Waals surface area (Å²) in [6, 6.07) is 0. The molecule has 0 amide bonds. The molecule has 1 saturated carbocycles. The van der Waals surface area contributed by atoms with E-state index >= 15 is 0 Å². The molecule has 0 aliphatic heterocycles. The van der Waals surface area contributed by atoms with Crippen molar-refractivity contribution in [2.75, 3.05) is 13.1 Å². The third-order valence-corrected chi connectivity index (χ3v) is 4.37. The Morgan fingerprint density at radius 2 is 1.88 bits per heavy atom. The zero-order valence-corrected chi connectivity index (χ0v) is 11.6. The molecular formula is C15H29NO. The van der Waals surface area contributed by atoms with Gasteiger partial charge in [-0.15, -0.1) is 6.58 Å². The molecule has 1 atom stereocenters. The molecule has 0 aromatic rings. The first kappa shape index (κ1) is 14.7. The van der Waals surface area contributed by atoms with Crippen molar-refractivity contribution < 1.29 is 5.11 Å². The third kappa shape index (κ3) is 3.32. The van der Waals surface area contributed by atoms with E-state index in [1.165, 1.54) is 25.7 Å². The Hall–Kier alpha value is -0.340. The van der Waals surface area contributed by atoms with Gasteiger partial charge in [-0.2, -0.15) is 0 Å². The lowest BCUT2D eigenvalue weighted by atomic mass is 9.85. The van der Waals surface area contributed by atoms with Crippen LogP contribution in [-0.4, -0.2) is 34.7 Å². The molecule has 0 aromatic carbocycles. The minimum Gasteiger partial charge on any atom is -0.391 e. The van der Waals surface area contributed by atoms with Crippen LogP contribution in [0.3, 0.4) is 0 Å². The monoisotopic (exact) mass is 239 g/mol. The van der Waals surface area contributed by atoms with Gasteiger partial charge in [-0.3, -0.25) is 4.90 Å². The predicted octanol–water partition coefficient (Wildman–Crippen LogP) is 3.36. The normalized spacial score (nSPS) is 20.7. The molecule has 100 valence electrons. The highest BCUT2D eigenvalue weighted by atomic mass is 16.3. The molecule has 0 saturated heterocycles. The summed E-state index contributed by atoms with van der Waals surface area (Å²) in [5.41, 5.74) is 0.0741. The van der Waals surface area contributed by atoms with Crippen LogP contribution in [0, 0.1) is 0 Å². The van der Waals surface area contributed by atoms with Crippen molar-refractivity contribution in [3.05, 3.63) is 12.7 Å². The summed E-state index contributed by atoms with van der Waals surface area (Å²) in [5.74, 6) is 0. The van der Waals surface area contributed by atoms with Crippen molar-refractivity contribution >= 4 is 0 Å². The maximum Gasteiger partial charge on any atom is 0.0723 e. The van der Waals surface area contributed by atoms with Gasteiger partial charge in [-0.25, -0.2) is 0 Å². The largest absolute Gasteiger partial charge is 0.391 e. The lowest BCUT2D eigenvalue weighted by molar-refractivity contribution is -0.0297. The second-order valence-electron chi connectivity index (χ2n) is 5.22. The molecule has 0 spiro atoms. The van der Waals surface area contributed by atoms with Gasteiger partial charge in [0.1, 0.15) is 0 Å². The molecule has 1 aliphatic rings. The Bertz CT molecular complexity index is 217. The van der Waals surface area contributed by atoms with Crippen LogP contribution in [0.2, 0.25) is 0 Å². The number of likely N-dealkylation sites (N-methyl/N-ethyl adjacent to an activating group) is 1. The van der Waals surface area contributed by atoms with Crippen LogP contribution < -0.4 is 0 Å². The highest BCUT2D eigenvalue weighted by Gasteiger charge is 2.43. The fourth-order valence-corrected chi connectivity index (χ4v) is 3.43. The summed E-state index contributed by atoms with van der Waals surface area (Å²) in [5, 5.41) is 10.6. The predicted molar refractivity (Wildman–Crippen MR) is 74.2 cm³/mol. The minimum atomic E-state index is -0.162. The molecule has 1 rings (SSSR count). The van der Waals surface area contributed by atoms with Gasteiger partial charge in [0.05, 0.1) is 6.10 Å². The van der Waals surface area contributed by atoms with Gasteiger partial charge < -0.3 is 5.11 Å². The molecule has 17 heavy (non-hydrogen) atoms. The quantitative estimate of drug-likeness (QED) is 0.518. The molecule has 2 heteroatoms. The lowest BCUT2D eigenvalue weighted by Gasteiger charge is -2.44. The molecule has 1 unspecified atom stereocenters. The van der Waals surface area contributed by atoms with E-state index in [4.69, 9.17) is 0 Å². The number of unbranched alkanes of at least 4 members (excludes halogenated alkanes) is 1. The van der Waals surface area contributed by atoms with E-state index < -0.39 is 0 Å². The molecule has 0 heterocycles. The molecule has 1 aliphatic carbocycles. The summed E-state index contributed by atoms with van der Waals surface area (Å²) in [7, 11) is 0. The summed E-state index contributed by atoms with van der Waals surface area (Å²) in [4.78, 5) is 2.48. The summed E-state index contributed by atoms with van der Waals surface area (Å²) >= 11 is 0. The average molecular weight is 239 g/mol. The van der Waals surface area contributed by atoms with Crippen LogP contribution in [0.15, 0.2) is 12.7 Å². The van der Waals surface area contributed by atoms with E-state index in [-0.39, 0.29) is 11.6 Å². The maximum absolute atomic E-state index is 10.6. The fraction of sp³-hybridized carbons (Fsp3) is 0.867. The van der Waals surface area contributed by atoms with Crippen molar-refractivity contribution in [2.24, 2.45) is 0 Å². The molecule has 0 radical (unpaired) electrons. The van der Waals surface area contributed by atoms with E-state index in [2.05, 4.69) is 25.3 Å². The van der Waals surface area contributed by atoms with Crippen molar-refractivity contribution in [1.29, 1.82) is 0 Å². The van der Waals surface area contributed by atoms with Gasteiger partial charge in [-0.05, 0) is 45.2 Å². The van der Waals surface area contributed by atoms with Crippen molar-refractivity contribution in [3.8, 4) is 0 Å². The second kappa shape index (κ2) is 7.17. The molecule has 1 fully saturated rings. The summed E-state index contributed by atoms with van der Waals surface area (Å²) in [6.07, 6.45) is 9.68. The minimum absolute atomic E-state index is 0.0741. The number of aliphatic hydroxyl groups is 1. The maximum atomic E-state index is 10.6. The average Bonchev–Trinajstić information content (AvgIpc) is 2.81. The molecule has 2 nitrogen and oxygen atoms in total. The third-order valence-electron chi connectivity index (χ3n) is 4.37. The Labute approximate surface area is 107 Å². The van der Waals surface area contributed by atoms with Crippen molar-refractivity contribution in [1.82, 2.24) is 4.90 Å². The van der Waals surface area contributed by atoms with Gasteiger partial charge in [0.15, 0.2) is 0 Å². The Kier molecular flexibility index (Phi) is 6.21. The van der Waals surface area contributed by atoms with E-state index in [0.29, 0.717) is 0 Å². The van der Waals surface area contributed by atoms with Crippen LogP contribution in [0.5, 0.6) is 0 Å². The van der Waals surface area contributed by atoms with Gasteiger partial charge in [0.25, 0.3) is 0 Å². The number of rotatable bonds is 8. The molecule has 1 N–H and O–H groups in total.